The molecule has 1 fully saturated rings. The molecule has 1 aromatic carbocycles. The minimum Gasteiger partial charge on any atom is -0.497 e. The number of nitrogens with one attached hydrogen (secondary N) is 2. The zero-order valence-corrected chi connectivity index (χ0v) is 18.1. The third-order valence-corrected chi connectivity index (χ3v) is 5.15. The Hall–Kier alpha value is -0.870. The van der Waals surface area contributed by atoms with E-state index in [-0.39, 0.29) is 24.0 Å². The second-order valence-corrected chi connectivity index (χ2v) is 6.86. The number of methoxy groups -OCH3 is 2. The number of halogens is 1. The van der Waals surface area contributed by atoms with Crippen LogP contribution in [0.1, 0.15) is 18.9 Å². The Balaban J connectivity index is 0.00000312. The third kappa shape index (κ3) is 6.74. The third-order valence-electron chi connectivity index (χ3n) is 3.91. The number of ether oxygens (including phenoxy) is 2. The smallest absolute Gasteiger partial charge is 0.191 e. The lowest BCUT2D eigenvalue weighted by Gasteiger charge is -2.23. The first-order chi connectivity index (χ1) is 11.6. The van der Waals surface area contributed by atoms with E-state index >= 15 is 0 Å². The lowest BCUT2D eigenvalue weighted by molar-refractivity contribution is 0.0724. The van der Waals surface area contributed by atoms with Crippen LogP contribution in [0.2, 0.25) is 0 Å². The molecule has 0 aliphatic carbocycles. The van der Waals surface area contributed by atoms with Crippen LogP contribution < -0.4 is 20.1 Å². The van der Waals surface area contributed by atoms with E-state index in [0.717, 1.165) is 41.5 Å². The van der Waals surface area contributed by atoms with Gasteiger partial charge in [-0.05, 0) is 31.2 Å². The fraction of sp³-hybridized carbons (Fsp3) is 0.588. The molecule has 6 nitrogen and oxygen atoms in total. The van der Waals surface area contributed by atoms with Gasteiger partial charge in [-0.1, -0.05) is 0 Å². The van der Waals surface area contributed by atoms with Gasteiger partial charge in [0.15, 0.2) is 5.96 Å². The summed E-state index contributed by atoms with van der Waals surface area (Å²) in [5.74, 6) is 3.98. The summed E-state index contributed by atoms with van der Waals surface area (Å²) in [6.45, 7) is 3.77. The average molecular weight is 481 g/mol. The van der Waals surface area contributed by atoms with Gasteiger partial charge in [0, 0.05) is 30.5 Å². The Labute approximate surface area is 171 Å². The Morgan fingerprint density at radius 2 is 2.12 bits per heavy atom. The summed E-state index contributed by atoms with van der Waals surface area (Å²) in [6.07, 6.45) is 0.816. The minimum atomic E-state index is -0.640. The van der Waals surface area contributed by atoms with Crippen molar-refractivity contribution in [3.63, 3.8) is 0 Å². The second-order valence-electron chi connectivity index (χ2n) is 5.75. The number of aliphatic hydroxyl groups is 1. The molecule has 1 saturated heterocycles. The van der Waals surface area contributed by atoms with Gasteiger partial charge in [0.25, 0.3) is 0 Å². The summed E-state index contributed by atoms with van der Waals surface area (Å²) in [7, 11) is 3.27. The molecule has 142 valence electrons. The molecule has 1 aliphatic rings. The summed E-state index contributed by atoms with van der Waals surface area (Å²) in [5, 5.41) is 16.9. The highest BCUT2D eigenvalue weighted by Crippen LogP contribution is 2.27. The minimum absolute atomic E-state index is 0. The van der Waals surface area contributed by atoms with Crippen LogP contribution in [-0.2, 0) is 6.54 Å². The van der Waals surface area contributed by atoms with Gasteiger partial charge in [0.05, 0.1) is 26.4 Å². The number of benzene rings is 1. The Bertz CT molecular complexity index is 566. The van der Waals surface area contributed by atoms with Crippen LogP contribution in [-0.4, -0.2) is 55.5 Å². The van der Waals surface area contributed by atoms with Gasteiger partial charge in [0.1, 0.15) is 11.5 Å². The molecule has 0 saturated carbocycles. The van der Waals surface area contributed by atoms with Crippen molar-refractivity contribution in [3.8, 4) is 11.5 Å². The molecule has 3 N–H and O–H groups in total. The highest BCUT2D eigenvalue weighted by Gasteiger charge is 2.31. The standard InChI is InChI=1S/C17H27N3O3S.HI/c1-4-18-16(20-11-17(21)7-8-24-12-17)19-10-13-5-6-14(22-2)9-15(13)23-3;/h5-6,9,21H,4,7-8,10-12H2,1-3H3,(H2,18,19,20);1H. The molecule has 25 heavy (non-hydrogen) atoms. The highest BCUT2D eigenvalue weighted by atomic mass is 127. The first kappa shape index (κ1) is 22.2. The van der Waals surface area contributed by atoms with E-state index < -0.39 is 5.60 Å². The summed E-state index contributed by atoms with van der Waals surface area (Å²) in [6, 6.07) is 5.70. The topological polar surface area (TPSA) is 75.1 Å². The molecular weight excluding hydrogens is 453 g/mol. The molecule has 0 bridgehead atoms. The predicted molar refractivity (Wildman–Crippen MR) is 115 cm³/mol. The molecule has 1 atom stereocenters. The molecule has 8 heteroatoms. The number of guanidine groups is 1. The van der Waals surface area contributed by atoms with Crippen molar-refractivity contribution >= 4 is 41.7 Å². The molecule has 1 aromatic rings. The van der Waals surface area contributed by atoms with Gasteiger partial charge in [0.2, 0.25) is 0 Å². The van der Waals surface area contributed by atoms with E-state index in [0.29, 0.717) is 19.0 Å². The molecule has 0 amide bonds. The summed E-state index contributed by atoms with van der Waals surface area (Å²) in [5.41, 5.74) is 0.337. The van der Waals surface area contributed by atoms with Gasteiger partial charge in [-0.3, -0.25) is 0 Å². The first-order valence-corrected chi connectivity index (χ1v) is 9.29. The fourth-order valence-electron chi connectivity index (χ4n) is 2.47. The van der Waals surface area contributed by atoms with Crippen molar-refractivity contribution in [2.45, 2.75) is 25.5 Å². The monoisotopic (exact) mass is 481 g/mol. The zero-order valence-electron chi connectivity index (χ0n) is 15.0. The van der Waals surface area contributed by atoms with Gasteiger partial charge in [-0.25, -0.2) is 4.99 Å². The largest absolute Gasteiger partial charge is 0.497 e. The van der Waals surface area contributed by atoms with Crippen molar-refractivity contribution in [2.75, 3.05) is 38.8 Å². The van der Waals surface area contributed by atoms with Gasteiger partial charge < -0.3 is 25.2 Å². The number of aliphatic imine (C=N–C) groups is 1. The van der Waals surface area contributed by atoms with Crippen molar-refractivity contribution in [2.24, 2.45) is 4.99 Å². The molecule has 0 radical (unpaired) electrons. The van der Waals surface area contributed by atoms with Crippen LogP contribution >= 0.6 is 35.7 Å². The van der Waals surface area contributed by atoms with Crippen LogP contribution in [0.3, 0.4) is 0 Å². The quantitative estimate of drug-likeness (QED) is 0.315. The van der Waals surface area contributed by atoms with Crippen LogP contribution in [0.15, 0.2) is 23.2 Å². The molecule has 2 rings (SSSR count). The summed E-state index contributed by atoms with van der Waals surface area (Å²) in [4.78, 5) is 4.60. The zero-order chi connectivity index (χ0) is 17.4. The van der Waals surface area contributed by atoms with E-state index in [1.54, 1.807) is 26.0 Å². The molecule has 0 spiro atoms. The number of thioether (sulfide) groups is 1. The van der Waals surface area contributed by atoms with E-state index in [4.69, 9.17) is 9.47 Å². The highest BCUT2D eigenvalue weighted by molar-refractivity contribution is 14.0. The van der Waals surface area contributed by atoms with Crippen molar-refractivity contribution in [1.82, 2.24) is 10.6 Å². The molecule has 1 heterocycles. The first-order valence-electron chi connectivity index (χ1n) is 8.13. The molecular formula is C17H28IN3O3S. The van der Waals surface area contributed by atoms with Gasteiger partial charge in [-0.2, -0.15) is 11.8 Å². The lowest BCUT2D eigenvalue weighted by atomic mass is 10.0. The Morgan fingerprint density at radius 3 is 2.72 bits per heavy atom. The molecule has 0 aromatic heterocycles. The van der Waals surface area contributed by atoms with Crippen LogP contribution in [0, 0.1) is 0 Å². The fourth-order valence-corrected chi connectivity index (χ4v) is 3.77. The van der Waals surface area contributed by atoms with E-state index in [2.05, 4.69) is 15.6 Å². The van der Waals surface area contributed by atoms with Crippen LogP contribution in [0.5, 0.6) is 11.5 Å². The molecule has 1 unspecified atom stereocenters. The number of rotatable bonds is 7. The molecule has 1 aliphatic heterocycles. The van der Waals surface area contributed by atoms with Crippen LogP contribution in [0.4, 0.5) is 0 Å². The Morgan fingerprint density at radius 1 is 1.32 bits per heavy atom. The van der Waals surface area contributed by atoms with Crippen LogP contribution in [0.25, 0.3) is 0 Å². The Kier molecular flexibility index (Phi) is 9.73. The number of nitrogens with zero attached hydrogens (tertiary/aromatic N) is 1. The van der Waals surface area contributed by atoms with Crippen molar-refractivity contribution in [3.05, 3.63) is 23.8 Å². The average Bonchev–Trinajstić information content (AvgIpc) is 3.04. The van der Waals surface area contributed by atoms with Crippen molar-refractivity contribution in [1.29, 1.82) is 0 Å². The summed E-state index contributed by atoms with van der Waals surface area (Å²) >= 11 is 1.79. The summed E-state index contributed by atoms with van der Waals surface area (Å²) < 4.78 is 10.6. The maximum Gasteiger partial charge on any atom is 0.191 e. The SMILES string of the molecule is CCNC(=NCc1ccc(OC)cc1OC)NCC1(O)CCSC1.I. The predicted octanol–water partition coefficient (Wildman–Crippen LogP) is 2.24. The lowest BCUT2D eigenvalue weighted by Crippen LogP contribution is -2.47. The second kappa shape index (κ2) is 11.0. The maximum absolute atomic E-state index is 10.4. The van der Waals surface area contributed by atoms with Crippen molar-refractivity contribution < 1.29 is 14.6 Å². The van der Waals surface area contributed by atoms with Gasteiger partial charge >= 0.3 is 0 Å². The van der Waals surface area contributed by atoms with E-state index in [1.807, 2.05) is 25.1 Å². The number of hydrogen-bond donors (Lipinski definition) is 3. The van der Waals surface area contributed by atoms with Gasteiger partial charge in [-0.15, -0.1) is 24.0 Å². The van der Waals surface area contributed by atoms with E-state index in [1.165, 1.54) is 0 Å². The normalized spacial score (nSPS) is 19.9. The van der Waals surface area contributed by atoms with E-state index in [9.17, 15) is 5.11 Å². The maximum atomic E-state index is 10.4. The number of hydrogen-bond acceptors (Lipinski definition) is 5.